The number of nitrogens with one attached hydrogen (secondary N) is 2. The van der Waals surface area contributed by atoms with Gasteiger partial charge in [0.2, 0.25) is 17.7 Å². The topological polar surface area (TPSA) is 70.9 Å². The summed E-state index contributed by atoms with van der Waals surface area (Å²) in [5.74, 6) is -0.469. The molecule has 24 heavy (non-hydrogen) atoms. The Bertz CT molecular complexity index is 478. The van der Waals surface area contributed by atoms with E-state index in [0.29, 0.717) is 6.54 Å². The standard InChI is InChI=1S/C18H31N3O3/c1-18(2,12-20(3)4)11-19-15(22)9-10-21-16(23)13-7-5-6-8-14(13)17(21)24/h13-14H,5-12H2,1-4H3,(H,19,22)/p+1/t13-,14+. The molecule has 6 heteroatoms. The number of hydrogen-bond donors (Lipinski definition) is 2. The SMILES string of the molecule is C[NH+](C)CC(C)(C)CNC(=O)CCN1C(=O)[C@H]2CCCC[C@H]2C1=O. The third kappa shape index (κ3) is 4.56. The molecule has 0 aromatic rings. The third-order valence-corrected chi connectivity index (χ3v) is 5.09. The van der Waals surface area contributed by atoms with E-state index >= 15 is 0 Å². The van der Waals surface area contributed by atoms with Gasteiger partial charge in [0.25, 0.3) is 0 Å². The Kier molecular flexibility index (Phi) is 6.01. The minimum Gasteiger partial charge on any atom is -0.355 e. The summed E-state index contributed by atoms with van der Waals surface area (Å²) in [6.45, 7) is 6.02. The normalized spacial score (nSPS) is 24.5. The summed E-state index contributed by atoms with van der Waals surface area (Å²) in [5, 5.41) is 2.94. The lowest BCUT2D eigenvalue weighted by Gasteiger charge is -2.26. The molecule has 0 spiro atoms. The van der Waals surface area contributed by atoms with Crippen molar-refractivity contribution in [2.45, 2.75) is 46.0 Å². The minimum atomic E-state index is -0.128. The van der Waals surface area contributed by atoms with E-state index in [1.807, 2.05) is 0 Å². The van der Waals surface area contributed by atoms with Crippen LogP contribution in [0.15, 0.2) is 0 Å². The first-order valence-electron chi connectivity index (χ1n) is 9.12. The molecule has 1 saturated carbocycles. The maximum Gasteiger partial charge on any atom is 0.233 e. The first-order chi connectivity index (χ1) is 11.2. The maximum absolute atomic E-state index is 12.4. The quantitative estimate of drug-likeness (QED) is 0.634. The molecule has 6 nitrogen and oxygen atoms in total. The number of likely N-dealkylation sites (tertiary alicyclic amines) is 1. The summed E-state index contributed by atoms with van der Waals surface area (Å²) in [6, 6.07) is 0. The molecular formula is C18H32N3O3+. The smallest absolute Gasteiger partial charge is 0.233 e. The van der Waals surface area contributed by atoms with Crippen LogP contribution in [0, 0.1) is 17.3 Å². The molecule has 2 atom stereocenters. The molecule has 0 aromatic carbocycles. The molecule has 0 radical (unpaired) electrons. The highest BCUT2D eigenvalue weighted by Crippen LogP contribution is 2.37. The molecule has 1 aliphatic carbocycles. The summed E-state index contributed by atoms with van der Waals surface area (Å²) in [4.78, 5) is 39.5. The van der Waals surface area contributed by atoms with Crippen molar-refractivity contribution in [1.82, 2.24) is 10.2 Å². The van der Waals surface area contributed by atoms with Crippen LogP contribution >= 0.6 is 0 Å². The zero-order valence-corrected chi connectivity index (χ0v) is 15.5. The molecule has 1 saturated heterocycles. The van der Waals surface area contributed by atoms with E-state index in [1.54, 1.807) is 0 Å². The highest BCUT2D eigenvalue weighted by atomic mass is 16.2. The van der Waals surface area contributed by atoms with E-state index in [4.69, 9.17) is 0 Å². The molecule has 1 aliphatic heterocycles. The number of hydrogen-bond acceptors (Lipinski definition) is 3. The summed E-state index contributed by atoms with van der Waals surface area (Å²) >= 11 is 0. The van der Waals surface area contributed by atoms with Crippen molar-refractivity contribution in [2.24, 2.45) is 17.3 Å². The van der Waals surface area contributed by atoms with Gasteiger partial charge < -0.3 is 10.2 Å². The molecule has 0 aromatic heterocycles. The Hall–Kier alpha value is -1.43. The van der Waals surface area contributed by atoms with Crippen LogP contribution in [0.4, 0.5) is 0 Å². The molecular weight excluding hydrogens is 306 g/mol. The number of carbonyl (C=O) groups excluding carboxylic acids is 3. The lowest BCUT2D eigenvalue weighted by atomic mass is 9.81. The van der Waals surface area contributed by atoms with E-state index in [2.05, 4.69) is 33.3 Å². The van der Waals surface area contributed by atoms with Gasteiger partial charge in [-0.25, -0.2) is 0 Å². The van der Waals surface area contributed by atoms with Crippen molar-refractivity contribution in [2.75, 3.05) is 33.7 Å². The molecule has 136 valence electrons. The van der Waals surface area contributed by atoms with E-state index in [9.17, 15) is 14.4 Å². The Morgan fingerprint density at radius 1 is 1.17 bits per heavy atom. The van der Waals surface area contributed by atoms with Crippen LogP contribution in [0.3, 0.4) is 0 Å². The Labute approximate surface area is 144 Å². The van der Waals surface area contributed by atoms with Gasteiger partial charge in [0, 0.05) is 24.9 Å². The van der Waals surface area contributed by atoms with Gasteiger partial charge >= 0.3 is 0 Å². The molecule has 0 unspecified atom stereocenters. The van der Waals surface area contributed by atoms with Gasteiger partial charge in [-0.15, -0.1) is 0 Å². The van der Waals surface area contributed by atoms with Crippen molar-refractivity contribution in [3.63, 3.8) is 0 Å². The molecule has 2 aliphatic rings. The Morgan fingerprint density at radius 2 is 1.71 bits per heavy atom. The van der Waals surface area contributed by atoms with Crippen LogP contribution in [0.1, 0.15) is 46.0 Å². The van der Waals surface area contributed by atoms with Gasteiger partial charge in [-0.05, 0) is 12.8 Å². The largest absolute Gasteiger partial charge is 0.355 e. The van der Waals surface area contributed by atoms with Gasteiger partial charge in [-0.3, -0.25) is 19.3 Å². The molecule has 2 rings (SSSR count). The van der Waals surface area contributed by atoms with E-state index in [1.165, 1.54) is 9.80 Å². The van der Waals surface area contributed by atoms with Crippen LogP contribution in [0.25, 0.3) is 0 Å². The third-order valence-electron chi connectivity index (χ3n) is 5.09. The maximum atomic E-state index is 12.4. The summed E-state index contributed by atoms with van der Waals surface area (Å²) in [7, 11) is 4.18. The first-order valence-corrected chi connectivity index (χ1v) is 9.12. The fourth-order valence-electron chi connectivity index (χ4n) is 4.11. The highest BCUT2D eigenvalue weighted by molar-refractivity contribution is 6.05. The molecule has 1 heterocycles. The van der Waals surface area contributed by atoms with Crippen molar-refractivity contribution < 1.29 is 19.3 Å². The van der Waals surface area contributed by atoms with Gasteiger partial charge in [0.1, 0.15) is 0 Å². The Balaban J connectivity index is 1.79. The average Bonchev–Trinajstić information content (AvgIpc) is 2.74. The number of nitrogens with zero attached hydrogens (tertiary/aromatic N) is 1. The van der Waals surface area contributed by atoms with Crippen molar-refractivity contribution in [3.8, 4) is 0 Å². The lowest BCUT2D eigenvalue weighted by molar-refractivity contribution is -0.865. The lowest BCUT2D eigenvalue weighted by Crippen LogP contribution is -3.07. The fourth-order valence-corrected chi connectivity index (χ4v) is 4.11. The second-order valence-electron chi connectivity index (χ2n) is 8.40. The second-order valence-corrected chi connectivity index (χ2v) is 8.40. The molecule has 2 fully saturated rings. The van der Waals surface area contributed by atoms with Gasteiger partial charge in [0.05, 0.1) is 32.5 Å². The summed E-state index contributed by atoms with van der Waals surface area (Å²) in [5.41, 5.74) is 0.0166. The van der Waals surface area contributed by atoms with Gasteiger partial charge in [-0.2, -0.15) is 0 Å². The Morgan fingerprint density at radius 3 is 2.21 bits per heavy atom. The van der Waals surface area contributed by atoms with Crippen molar-refractivity contribution in [1.29, 1.82) is 0 Å². The van der Waals surface area contributed by atoms with E-state index in [-0.39, 0.29) is 47.9 Å². The zero-order valence-electron chi connectivity index (χ0n) is 15.5. The molecule has 2 N–H and O–H groups in total. The van der Waals surface area contributed by atoms with E-state index in [0.717, 1.165) is 32.2 Å². The van der Waals surface area contributed by atoms with Crippen LogP contribution < -0.4 is 10.2 Å². The van der Waals surface area contributed by atoms with Gasteiger partial charge in [-0.1, -0.05) is 26.7 Å². The number of amides is 3. The molecule has 3 amide bonds. The predicted molar refractivity (Wildman–Crippen MR) is 91.3 cm³/mol. The highest BCUT2D eigenvalue weighted by Gasteiger charge is 2.47. The minimum absolute atomic E-state index is 0.0166. The fraction of sp³-hybridized carbons (Fsp3) is 0.833. The number of imide groups is 1. The number of fused-ring (bicyclic) bond motifs is 1. The van der Waals surface area contributed by atoms with Crippen LogP contribution in [0.5, 0.6) is 0 Å². The average molecular weight is 338 g/mol. The monoisotopic (exact) mass is 338 g/mol. The zero-order chi connectivity index (χ0) is 17.9. The summed E-state index contributed by atoms with van der Waals surface area (Å²) in [6.07, 6.45) is 3.88. The number of carbonyl (C=O) groups is 3. The van der Waals surface area contributed by atoms with E-state index < -0.39 is 0 Å². The first kappa shape index (κ1) is 18.9. The van der Waals surface area contributed by atoms with Crippen molar-refractivity contribution in [3.05, 3.63) is 0 Å². The van der Waals surface area contributed by atoms with Crippen LogP contribution in [-0.4, -0.2) is 56.4 Å². The second kappa shape index (κ2) is 7.64. The predicted octanol–water partition coefficient (Wildman–Crippen LogP) is -0.161. The van der Waals surface area contributed by atoms with Crippen LogP contribution in [0.2, 0.25) is 0 Å². The van der Waals surface area contributed by atoms with Gasteiger partial charge in [0.15, 0.2) is 0 Å². The molecule has 0 bridgehead atoms. The van der Waals surface area contributed by atoms with Crippen LogP contribution in [-0.2, 0) is 14.4 Å². The van der Waals surface area contributed by atoms with Crippen molar-refractivity contribution >= 4 is 17.7 Å². The number of rotatable bonds is 7. The number of quaternary nitrogens is 1. The summed E-state index contributed by atoms with van der Waals surface area (Å²) < 4.78 is 0.